The lowest BCUT2D eigenvalue weighted by Gasteiger charge is -2.11. The third kappa shape index (κ3) is 2.94. The van der Waals surface area contributed by atoms with E-state index < -0.39 is 0 Å². The van der Waals surface area contributed by atoms with Crippen LogP contribution in [0, 0.1) is 5.92 Å². The second-order valence-electron chi connectivity index (χ2n) is 3.38. The summed E-state index contributed by atoms with van der Waals surface area (Å²) in [6.07, 6.45) is 0. The highest BCUT2D eigenvalue weighted by molar-refractivity contribution is 6.48. The quantitative estimate of drug-likeness (QED) is 0.711. The van der Waals surface area contributed by atoms with E-state index in [1.165, 1.54) is 0 Å². The van der Waals surface area contributed by atoms with E-state index in [0.29, 0.717) is 33.3 Å². The number of halogens is 3. The highest BCUT2D eigenvalue weighted by atomic mass is 35.5. The predicted octanol–water partition coefficient (Wildman–Crippen LogP) is 4.68. The Balaban J connectivity index is 2.83. The second kappa shape index (κ2) is 5.11. The zero-order valence-electron chi connectivity index (χ0n) is 7.98. The van der Waals surface area contributed by atoms with Gasteiger partial charge in [-0.1, -0.05) is 48.7 Å². The van der Waals surface area contributed by atoms with E-state index in [1.807, 2.05) is 0 Å². The fourth-order valence-electron chi connectivity index (χ4n) is 0.876. The maximum atomic E-state index is 5.94. The molecule has 0 heterocycles. The average molecular weight is 254 g/mol. The van der Waals surface area contributed by atoms with Gasteiger partial charge < -0.3 is 4.74 Å². The minimum absolute atomic E-state index is 0.342. The summed E-state index contributed by atoms with van der Waals surface area (Å²) in [4.78, 5) is 0. The van der Waals surface area contributed by atoms with Crippen molar-refractivity contribution in [2.24, 2.45) is 5.92 Å². The lowest BCUT2D eigenvalue weighted by Crippen LogP contribution is -2.04. The molecular formula is C10H11Cl3O. The highest BCUT2D eigenvalue weighted by Crippen LogP contribution is 2.37. The van der Waals surface area contributed by atoms with Crippen LogP contribution in [0.15, 0.2) is 12.1 Å². The molecule has 1 aromatic carbocycles. The smallest absolute Gasteiger partial charge is 0.139 e. The van der Waals surface area contributed by atoms with E-state index in [1.54, 1.807) is 12.1 Å². The molecule has 0 atom stereocenters. The number of hydrogen-bond acceptors (Lipinski definition) is 1. The van der Waals surface area contributed by atoms with Crippen molar-refractivity contribution in [3.8, 4) is 5.75 Å². The van der Waals surface area contributed by atoms with Gasteiger partial charge in [0, 0.05) is 0 Å². The molecule has 0 N–H and O–H groups in total. The molecule has 78 valence electrons. The molecule has 0 saturated carbocycles. The van der Waals surface area contributed by atoms with E-state index in [4.69, 9.17) is 39.5 Å². The van der Waals surface area contributed by atoms with Crippen molar-refractivity contribution >= 4 is 34.8 Å². The lowest BCUT2D eigenvalue weighted by atomic mass is 10.2. The van der Waals surface area contributed by atoms with Gasteiger partial charge in [-0.25, -0.2) is 0 Å². The average Bonchev–Trinajstić information content (AvgIpc) is 2.13. The van der Waals surface area contributed by atoms with E-state index in [2.05, 4.69) is 13.8 Å². The van der Waals surface area contributed by atoms with Gasteiger partial charge in [0.2, 0.25) is 0 Å². The maximum absolute atomic E-state index is 5.94. The monoisotopic (exact) mass is 252 g/mol. The zero-order chi connectivity index (χ0) is 10.7. The summed E-state index contributed by atoms with van der Waals surface area (Å²) < 4.78 is 5.46. The Morgan fingerprint density at radius 1 is 1.14 bits per heavy atom. The van der Waals surface area contributed by atoms with Gasteiger partial charge in [-0.05, 0) is 18.1 Å². The summed E-state index contributed by atoms with van der Waals surface area (Å²) >= 11 is 17.6. The van der Waals surface area contributed by atoms with E-state index in [0.717, 1.165) is 0 Å². The summed E-state index contributed by atoms with van der Waals surface area (Å²) in [6.45, 7) is 4.73. The fourth-order valence-corrected chi connectivity index (χ4v) is 1.46. The van der Waals surface area contributed by atoms with Gasteiger partial charge in [0.25, 0.3) is 0 Å². The molecule has 0 aliphatic rings. The summed E-state index contributed by atoms with van der Waals surface area (Å²) in [5, 5.41) is 1.16. The van der Waals surface area contributed by atoms with Gasteiger partial charge in [-0.3, -0.25) is 0 Å². The van der Waals surface area contributed by atoms with Crippen LogP contribution in [0.4, 0.5) is 0 Å². The van der Waals surface area contributed by atoms with Crippen LogP contribution in [-0.4, -0.2) is 6.61 Å². The first-order valence-corrected chi connectivity index (χ1v) is 5.42. The van der Waals surface area contributed by atoms with Gasteiger partial charge in [-0.15, -0.1) is 0 Å². The third-order valence-corrected chi connectivity index (χ3v) is 2.85. The molecule has 0 radical (unpaired) electrons. The largest absolute Gasteiger partial charge is 0.492 e. The van der Waals surface area contributed by atoms with Crippen LogP contribution in [-0.2, 0) is 0 Å². The molecule has 1 aromatic rings. The number of benzene rings is 1. The topological polar surface area (TPSA) is 9.23 Å². The first kappa shape index (κ1) is 12.0. The van der Waals surface area contributed by atoms with Gasteiger partial charge >= 0.3 is 0 Å². The summed E-state index contributed by atoms with van der Waals surface area (Å²) in [5.41, 5.74) is 0. The van der Waals surface area contributed by atoms with E-state index in [-0.39, 0.29) is 0 Å². The van der Waals surface area contributed by atoms with Gasteiger partial charge in [0.1, 0.15) is 10.8 Å². The molecule has 0 fully saturated rings. The minimum atomic E-state index is 0.342. The molecule has 0 aliphatic carbocycles. The van der Waals surface area contributed by atoms with Crippen molar-refractivity contribution in [1.82, 2.24) is 0 Å². The van der Waals surface area contributed by atoms with Crippen molar-refractivity contribution in [3.05, 3.63) is 27.2 Å². The first-order chi connectivity index (χ1) is 6.52. The van der Waals surface area contributed by atoms with Crippen molar-refractivity contribution in [2.45, 2.75) is 13.8 Å². The summed E-state index contributed by atoms with van der Waals surface area (Å²) in [6, 6.07) is 3.39. The van der Waals surface area contributed by atoms with Crippen LogP contribution < -0.4 is 4.74 Å². The van der Waals surface area contributed by atoms with E-state index in [9.17, 15) is 0 Å². The third-order valence-electron chi connectivity index (χ3n) is 1.57. The molecule has 14 heavy (non-hydrogen) atoms. The summed E-state index contributed by atoms with van der Waals surface area (Å²) in [7, 11) is 0. The zero-order valence-corrected chi connectivity index (χ0v) is 10.2. The van der Waals surface area contributed by atoms with Gasteiger partial charge in [0.15, 0.2) is 0 Å². The van der Waals surface area contributed by atoms with Crippen molar-refractivity contribution in [3.63, 3.8) is 0 Å². The summed E-state index contributed by atoms with van der Waals surface area (Å²) in [5.74, 6) is 1.02. The fraction of sp³-hybridized carbons (Fsp3) is 0.400. The first-order valence-electron chi connectivity index (χ1n) is 4.28. The SMILES string of the molecule is CC(C)COc1ccc(Cl)c(Cl)c1Cl. The van der Waals surface area contributed by atoms with Crippen LogP contribution >= 0.6 is 34.8 Å². The van der Waals surface area contributed by atoms with Crippen molar-refractivity contribution in [2.75, 3.05) is 6.61 Å². The second-order valence-corrected chi connectivity index (χ2v) is 4.54. The molecule has 0 bridgehead atoms. The molecule has 0 aromatic heterocycles. The molecule has 0 saturated heterocycles. The van der Waals surface area contributed by atoms with Crippen LogP contribution in [0.3, 0.4) is 0 Å². The van der Waals surface area contributed by atoms with Crippen LogP contribution in [0.25, 0.3) is 0 Å². The molecular weight excluding hydrogens is 242 g/mol. The Morgan fingerprint density at radius 3 is 2.36 bits per heavy atom. The van der Waals surface area contributed by atoms with Crippen molar-refractivity contribution in [1.29, 1.82) is 0 Å². The Labute approximate surface area is 98.9 Å². The van der Waals surface area contributed by atoms with Crippen LogP contribution in [0.1, 0.15) is 13.8 Å². The Morgan fingerprint density at radius 2 is 1.79 bits per heavy atom. The molecule has 0 aliphatic heterocycles. The van der Waals surface area contributed by atoms with Crippen molar-refractivity contribution < 1.29 is 4.74 Å². The Hall–Kier alpha value is -0.110. The molecule has 4 heteroatoms. The maximum Gasteiger partial charge on any atom is 0.139 e. The van der Waals surface area contributed by atoms with Crippen LogP contribution in [0.2, 0.25) is 15.1 Å². The van der Waals surface area contributed by atoms with Gasteiger partial charge in [0.05, 0.1) is 16.7 Å². The van der Waals surface area contributed by atoms with Crippen LogP contribution in [0.5, 0.6) is 5.75 Å². The standard InChI is InChI=1S/C10H11Cl3O/c1-6(2)5-14-8-4-3-7(11)9(12)10(8)13/h3-4,6H,5H2,1-2H3. The normalized spacial score (nSPS) is 10.7. The van der Waals surface area contributed by atoms with E-state index >= 15 is 0 Å². The van der Waals surface area contributed by atoms with Gasteiger partial charge in [-0.2, -0.15) is 0 Å². The molecule has 1 rings (SSSR count). The molecule has 0 unspecified atom stereocenters. The highest BCUT2D eigenvalue weighted by Gasteiger charge is 2.09. The number of ether oxygens (including phenoxy) is 1. The lowest BCUT2D eigenvalue weighted by molar-refractivity contribution is 0.271. The predicted molar refractivity (Wildman–Crippen MR) is 61.8 cm³/mol. The number of hydrogen-bond donors (Lipinski definition) is 0. The Kier molecular flexibility index (Phi) is 4.36. The minimum Gasteiger partial charge on any atom is -0.492 e. The molecule has 0 amide bonds. The molecule has 1 nitrogen and oxygen atoms in total. The molecule has 0 spiro atoms. The Bertz CT molecular complexity index is 323. The number of rotatable bonds is 3.